The van der Waals surface area contributed by atoms with Gasteiger partial charge in [-0.1, -0.05) is 29.3 Å². The van der Waals surface area contributed by atoms with Crippen LogP contribution in [0.15, 0.2) is 35.6 Å². The van der Waals surface area contributed by atoms with Gasteiger partial charge < -0.3 is 5.32 Å². The van der Waals surface area contributed by atoms with Crippen molar-refractivity contribution in [3.8, 4) is 0 Å². The van der Waals surface area contributed by atoms with Crippen molar-refractivity contribution in [2.45, 2.75) is 31.6 Å². The number of hydrogen-bond donors (Lipinski definition) is 1. The highest BCUT2D eigenvalue weighted by molar-refractivity contribution is 7.98. The Hall–Kier alpha value is -1.55. The van der Waals surface area contributed by atoms with Gasteiger partial charge >= 0.3 is 0 Å². The minimum Gasteiger partial charge on any atom is -0.370 e. The van der Waals surface area contributed by atoms with Crippen LogP contribution in [0.25, 0.3) is 0 Å². The second kappa shape index (κ2) is 6.57. The zero-order valence-electron chi connectivity index (χ0n) is 11.6. The van der Waals surface area contributed by atoms with Crippen LogP contribution in [-0.2, 0) is 5.75 Å². The molecule has 3 nitrogen and oxygen atoms in total. The predicted octanol–water partition coefficient (Wildman–Crippen LogP) is 3.82. The molecule has 0 aliphatic carbocycles. The van der Waals surface area contributed by atoms with E-state index in [1.165, 1.54) is 16.7 Å². The molecule has 0 aliphatic heterocycles. The summed E-state index contributed by atoms with van der Waals surface area (Å²) in [7, 11) is 0. The number of rotatable bonds is 5. The van der Waals surface area contributed by atoms with Gasteiger partial charge in [0.25, 0.3) is 0 Å². The van der Waals surface area contributed by atoms with E-state index in [2.05, 4.69) is 54.3 Å². The van der Waals surface area contributed by atoms with Crippen LogP contribution in [0.5, 0.6) is 0 Å². The van der Waals surface area contributed by atoms with E-state index in [-0.39, 0.29) is 0 Å². The van der Waals surface area contributed by atoms with Gasteiger partial charge in [0, 0.05) is 18.4 Å². The molecule has 0 amide bonds. The molecule has 0 atom stereocenters. The molecule has 0 unspecified atom stereocenters. The molecular weight excluding hydrogens is 254 g/mol. The highest BCUT2D eigenvalue weighted by Crippen LogP contribution is 2.23. The van der Waals surface area contributed by atoms with Gasteiger partial charge in [0.1, 0.15) is 17.2 Å². The summed E-state index contributed by atoms with van der Waals surface area (Å²) >= 11 is 1.74. The molecule has 0 saturated heterocycles. The van der Waals surface area contributed by atoms with Crippen LogP contribution in [0.1, 0.15) is 23.6 Å². The molecule has 0 spiro atoms. The third-order valence-corrected chi connectivity index (χ3v) is 3.66. The topological polar surface area (TPSA) is 37.8 Å². The van der Waals surface area contributed by atoms with Gasteiger partial charge in [-0.25, -0.2) is 9.97 Å². The zero-order valence-corrected chi connectivity index (χ0v) is 12.4. The number of aryl methyl sites for hydroxylation is 2. The molecule has 0 fully saturated rings. The quantitative estimate of drug-likeness (QED) is 0.664. The minimum absolute atomic E-state index is 0.873. The first-order chi connectivity index (χ1) is 9.17. The molecule has 1 aromatic heterocycles. The summed E-state index contributed by atoms with van der Waals surface area (Å²) in [5, 5.41) is 4.20. The first kappa shape index (κ1) is 13.9. The first-order valence-corrected chi connectivity index (χ1v) is 7.42. The van der Waals surface area contributed by atoms with Crippen molar-refractivity contribution >= 4 is 17.6 Å². The van der Waals surface area contributed by atoms with Gasteiger partial charge in [-0.05, 0) is 26.3 Å². The average molecular weight is 273 g/mol. The Kier molecular flexibility index (Phi) is 4.80. The number of hydrogen-bond acceptors (Lipinski definition) is 4. The van der Waals surface area contributed by atoms with Crippen LogP contribution in [0.3, 0.4) is 0 Å². The molecule has 2 aromatic rings. The molecule has 0 radical (unpaired) electrons. The number of thioether (sulfide) groups is 1. The van der Waals surface area contributed by atoms with E-state index >= 15 is 0 Å². The Bertz CT molecular complexity index is 535. The van der Waals surface area contributed by atoms with E-state index in [9.17, 15) is 0 Å². The van der Waals surface area contributed by atoms with Gasteiger partial charge in [0.15, 0.2) is 0 Å². The molecule has 19 heavy (non-hydrogen) atoms. The Balaban J connectivity index is 2.03. The van der Waals surface area contributed by atoms with E-state index in [4.69, 9.17) is 0 Å². The van der Waals surface area contributed by atoms with Gasteiger partial charge in [-0.2, -0.15) is 0 Å². The second-order valence-corrected chi connectivity index (χ2v) is 5.55. The lowest BCUT2D eigenvalue weighted by atomic mass is 10.1. The molecule has 4 heteroatoms. The van der Waals surface area contributed by atoms with Gasteiger partial charge in [0.05, 0.1) is 0 Å². The summed E-state index contributed by atoms with van der Waals surface area (Å²) in [5.74, 6) is 1.82. The Labute approximate surface area is 118 Å². The average Bonchev–Trinajstić information content (AvgIpc) is 2.36. The normalized spacial score (nSPS) is 10.5. The van der Waals surface area contributed by atoms with E-state index in [0.29, 0.717) is 0 Å². The van der Waals surface area contributed by atoms with Crippen molar-refractivity contribution in [3.63, 3.8) is 0 Å². The predicted molar refractivity (Wildman–Crippen MR) is 81.7 cm³/mol. The molecule has 2 rings (SSSR count). The summed E-state index contributed by atoms with van der Waals surface area (Å²) in [6.45, 7) is 7.20. The maximum atomic E-state index is 4.29. The second-order valence-electron chi connectivity index (χ2n) is 4.56. The van der Waals surface area contributed by atoms with Crippen molar-refractivity contribution in [3.05, 3.63) is 47.3 Å². The molecule has 100 valence electrons. The van der Waals surface area contributed by atoms with Gasteiger partial charge in [-0.15, -0.1) is 11.8 Å². The van der Waals surface area contributed by atoms with Crippen molar-refractivity contribution in [2.75, 3.05) is 11.9 Å². The van der Waals surface area contributed by atoms with Crippen molar-refractivity contribution < 1.29 is 0 Å². The lowest BCUT2D eigenvalue weighted by molar-refractivity contribution is 1.03. The van der Waals surface area contributed by atoms with Crippen LogP contribution in [0.4, 0.5) is 5.82 Å². The Morgan fingerprint density at radius 3 is 2.47 bits per heavy atom. The number of anilines is 1. The zero-order chi connectivity index (χ0) is 13.7. The number of benzene rings is 1. The highest BCUT2D eigenvalue weighted by Gasteiger charge is 2.01. The monoisotopic (exact) mass is 273 g/mol. The summed E-state index contributed by atoms with van der Waals surface area (Å²) in [6, 6.07) is 8.65. The van der Waals surface area contributed by atoms with Crippen LogP contribution < -0.4 is 5.32 Å². The van der Waals surface area contributed by atoms with E-state index in [0.717, 1.165) is 23.1 Å². The SMILES string of the molecule is CCNc1cc(SCc2cc(C)cc(C)c2)ncn1. The van der Waals surface area contributed by atoms with Crippen molar-refractivity contribution in [1.82, 2.24) is 9.97 Å². The number of nitrogens with one attached hydrogen (secondary N) is 1. The fraction of sp³-hybridized carbons (Fsp3) is 0.333. The fourth-order valence-electron chi connectivity index (χ4n) is 2.01. The van der Waals surface area contributed by atoms with E-state index < -0.39 is 0 Å². The lowest BCUT2D eigenvalue weighted by Crippen LogP contribution is -1.99. The number of aromatic nitrogens is 2. The van der Waals surface area contributed by atoms with Crippen LogP contribution in [0, 0.1) is 13.8 Å². The smallest absolute Gasteiger partial charge is 0.130 e. The molecular formula is C15H19N3S. The molecule has 1 heterocycles. The summed E-state index contributed by atoms with van der Waals surface area (Å²) < 4.78 is 0. The molecule has 1 aromatic carbocycles. The third kappa shape index (κ3) is 4.24. The largest absolute Gasteiger partial charge is 0.370 e. The third-order valence-electron chi connectivity index (χ3n) is 2.67. The first-order valence-electron chi connectivity index (χ1n) is 6.43. The summed E-state index contributed by atoms with van der Waals surface area (Å²) in [4.78, 5) is 8.47. The van der Waals surface area contributed by atoms with E-state index in [1.807, 2.05) is 6.07 Å². The fourth-order valence-corrected chi connectivity index (χ4v) is 2.80. The number of nitrogens with zero attached hydrogens (tertiary/aromatic N) is 2. The van der Waals surface area contributed by atoms with Crippen LogP contribution >= 0.6 is 11.8 Å². The van der Waals surface area contributed by atoms with E-state index in [1.54, 1.807) is 18.1 Å². The van der Waals surface area contributed by atoms with Gasteiger partial charge in [-0.3, -0.25) is 0 Å². The maximum Gasteiger partial charge on any atom is 0.130 e. The summed E-state index contributed by atoms with van der Waals surface area (Å²) in [6.07, 6.45) is 1.61. The lowest BCUT2D eigenvalue weighted by Gasteiger charge is -2.06. The molecule has 0 aliphatic rings. The molecule has 0 saturated carbocycles. The summed E-state index contributed by atoms with van der Waals surface area (Å²) in [5.41, 5.74) is 3.96. The minimum atomic E-state index is 0.873. The Morgan fingerprint density at radius 2 is 1.79 bits per heavy atom. The highest BCUT2D eigenvalue weighted by atomic mass is 32.2. The van der Waals surface area contributed by atoms with Crippen LogP contribution in [0.2, 0.25) is 0 Å². The van der Waals surface area contributed by atoms with Crippen molar-refractivity contribution in [1.29, 1.82) is 0 Å². The standard InChI is InChI=1S/C15H19N3S/c1-4-16-14-8-15(18-10-17-14)19-9-13-6-11(2)5-12(3)7-13/h5-8,10H,4,9H2,1-3H3,(H,16,17,18). The van der Waals surface area contributed by atoms with Crippen LogP contribution in [-0.4, -0.2) is 16.5 Å². The van der Waals surface area contributed by atoms with Crippen molar-refractivity contribution in [2.24, 2.45) is 0 Å². The maximum absolute atomic E-state index is 4.29. The Morgan fingerprint density at radius 1 is 1.05 bits per heavy atom. The van der Waals surface area contributed by atoms with Gasteiger partial charge in [0.2, 0.25) is 0 Å². The molecule has 1 N–H and O–H groups in total. The molecule has 0 bridgehead atoms.